The van der Waals surface area contributed by atoms with E-state index in [0.717, 1.165) is 0 Å². The Morgan fingerprint density at radius 2 is 2.31 bits per heavy atom. The number of aryl methyl sites for hydroxylation is 2. The maximum Gasteiger partial charge on any atom is 0.358 e. The number of halogens is 1. The summed E-state index contributed by atoms with van der Waals surface area (Å²) >= 11 is 0. The van der Waals surface area contributed by atoms with Crippen LogP contribution in [0.15, 0.2) is 0 Å². The highest BCUT2D eigenvalue weighted by Crippen LogP contribution is 2.17. The largest absolute Gasteiger partial charge is 0.461 e. The summed E-state index contributed by atoms with van der Waals surface area (Å²) in [5.41, 5.74) is 7.00. The van der Waals surface area contributed by atoms with Gasteiger partial charge in [0.1, 0.15) is 0 Å². The molecule has 0 aliphatic heterocycles. The molecule has 2 N–H and O–H groups in total. The highest BCUT2D eigenvalue weighted by atomic mass is 19.1. The number of nitrogens with zero attached hydrogens (tertiary/aromatic N) is 2. The molecule has 0 bridgehead atoms. The standard InChI is InChI=1S/C10H16FN3O2/c1-3-7-8(12)9(14(2)13-7)10(15)16-6-4-5-11/h3-6,12H2,1-2H3. The van der Waals surface area contributed by atoms with E-state index in [-0.39, 0.29) is 18.7 Å². The zero-order valence-corrected chi connectivity index (χ0v) is 9.49. The molecule has 0 radical (unpaired) electrons. The molecule has 0 atom stereocenters. The predicted octanol–water partition coefficient (Wildman–Crippen LogP) is 1.08. The zero-order chi connectivity index (χ0) is 12.1. The quantitative estimate of drug-likeness (QED) is 0.606. The van der Waals surface area contributed by atoms with Crippen LogP contribution >= 0.6 is 0 Å². The Bertz CT molecular complexity index is 376. The fraction of sp³-hybridized carbons (Fsp3) is 0.600. The third-order valence-corrected chi connectivity index (χ3v) is 2.20. The van der Waals surface area contributed by atoms with Gasteiger partial charge in [-0.1, -0.05) is 6.92 Å². The summed E-state index contributed by atoms with van der Waals surface area (Å²) in [7, 11) is 1.63. The summed E-state index contributed by atoms with van der Waals surface area (Å²) in [5, 5.41) is 4.09. The fourth-order valence-corrected chi connectivity index (χ4v) is 1.39. The van der Waals surface area contributed by atoms with Crippen molar-refractivity contribution in [1.29, 1.82) is 0 Å². The lowest BCUT2D eigenvalue weighted by Gasteiger charge is -2.04. The minimum atomic E-state index is -0.555. The number of esters is 1. The van der Waals surface area contributed by atoms with Crippen molar-refractivity contribution in [2.75, 3.05) is 19.0 Å². The van der Waals surface area contributed by atoms with Crippen LogP contribution in [-0.4, -0.2) is 29.0 Å². The van der Waals surface area contributed by atoms with Gasteiger partial charge in [-0.25, -0.2) is 4.79 Å². The zero-order valence-electron chi connectivity index (χ0n) is 9.49. The van der Waals surface area contributed by atoms with Crippen molar-refractivity contribution < 1.29 is 13.9 Å². The highest BCUT2D eigenvalue weighted by molar-refractivity contribution is 5.93. The van der Waals surface area contributed by atoms with Crippen molar-refractivity contribution in [2.24, 2.45) is 7.05 Å². The van der Waals surface area contributed by atoms with Gasteiger partial charge in [0.15, 0.2) is 5.69 Å². The number of aromatic nitrogens is 2. The molecular formula is C10H16FN3O2. The molecule has 1 heterocycles. The van der Waals surface area contributed by atoms with Crippen molar-refractivity contribution in [3.63, 3.8) is 0 Å². The lowest BCUT2D eigenvalue weighted by atomic mass is 10.2. The molecule has 1 aromatic rings. The van der Waals surface area contributed by atoms with Crippen LogP contribution in [0.4, 0.5) is 10.1 Å². The van der Waals surface area contributed by atoms with E-state index in [1.807, 2.05) is 6.92 Å². The summed E-state index contributed by atoms with van der Waals surface area (Å²) in [5.74, 6) is -0.555. The van der Waals surface area contributed by atoms with Gasteiger partial charge in [0.05, 0.1) is 24.7 Å². The van der Waals surface area contributed by atoms with Gasteiger partial charge < -0.3 is 10.5 Å². The smallest absolute Gasteiger partial charge is 0.358 e. The van der Waals surface area contributed by atoms with Crippen LogP contribution in [0, 0.1) is 0 Å². The summed E-state index contributed by atoms with van der Waals surface area (Å²) < 4.78 is 18.1. The van der Waals surface area contributed by atoms with Gasteiger partial charge in [-0.3, -0.25) is 9.07 Å². The first kappa shape index (κ1) is 12.5. The van der Waals surface area contributed by atoms with Crippen LogP contribution in [0.5, 0.6) is 0 Å². The summed E-state index contributed by atoms with van der Waals surface area (Å²) in [6.07, 6.45) is 0.849. The van der Waals surface area contributed by atoms with E-state index < -0.39 is 12.6 Å². The van der Waals surface area contributed by atoms with Gasteiger partial charge in [0, 0.05) is 13.5 Å². The monoisotopic (exact) mass is 229 g/mol. The van der Waals surface area contributed by atoms with E-state index in [1.165, 1.54) is 4.68 Å². The topological polar surface area (TPSA) is 70.1 Å². The molecule has 1 aromatic heterocycles. The highest BCUT2D eigenvalue weighted by Gasteiger charge is 2.20. The number of ether oxygens (including phenoxy) is 1. The Kier molecular flexibility index (Phi) is 4.28. The number of rotatable bonds is 5. The Labute approximate surface area is 93.4 Å². The third-order valence-electron chi connectivity index (χ3n) is 2.20. The first-order valence-corrected chi connectivity index (χ1v) is 5.16. The molecule has 16 heavy (non-hydrogen) atoms. The van der Waals surface area contributed by atoms with Crippen LogP contribution < -0.4 is 5.73 Å². The van der Waals surface area contributed by atoms with E-state index in [4.69, 9.17) is 10.5 Å². The SMILES string of the molecule is CCc1nn(C)c(C(=O)OCCCF)c1N. The number of alkyl halides is 1. The van der Waals surface area contributed by atoms with Crippen molar-refractivity contribution in [3.8, 4) is 0 Å². The number of carbonyl (C=O) groups excluding carboxylic acids is 1. The van der Waals surface area contributed by atoms with Crippen LogP contribution in [0.3, 0.4) is 0 Å². The Balaban J connectivity index is 2.78. The minimum absolute atomic E-state index is 0.0570. The molecule has 0 spiro atoms. The van der Waals surface area contributed by atoms with Crippen LogP contribution in [-0.2, 0) is 18.2 Å². The number of hydrogen-bond donors (Lipinski definition) is 1. The van der Waals surface area contributed by atoms with Crippen molar-refractivity contribution in [2.45, 2.75) is 19.8 Å². The van der Waals surface area contributed by atoms with E-state index in [0.29, 0.717) is 17.8 Å². The van der Waals surface area contributed by atoms with Gasteiger partial charge in [-0.15, -0.1) is 0 Å². The second-order valence-electron chi connectivity index (χ2n) is 3.36. The maximum absolute atomic E-state index is 11.8. The van der Waals surface area contributed by atoms with Crippen molar-refractivity contribution >= 4 is 11.7 Å². The van der Waals surface area contributed by atoms with Gasteiger partial charge >= 0.3 is 5.97 Å². The van der Waals surface area contributed by atoms with Gasteiger partial charge in [0.25, 0.3) is 0 Å². The summed E-state index contributed by atoms with van der Waals surface area (Å²) in [6, 6.07) is 0. The molecule has 0 unspecified atom stereocenters. The number of nitrogen functional groups attached to an aromatic ring is 1. The minimum Gasteiger partial charge on any atom is -0.461 e. The molecule has 1 rings (SSSR count). The van der Waals surface area contributed by atoms with Gasteiger partial charge in [-0.2, -0.15) is 5.10 Å². The second-order valence-corrected chi connectivity index (χ2v) is 3.36. The van der Waals surface area contributed by atoms with E-state index in [2.05, 4.69) is 5.10 Å². The van der Waals surface area contributed by atoms with Crippen LogP contribution in [0.2, 0.25) is 0 Å². The molecule has 0 saturated carbocycles. The number of nitrogens with two attached hydrogens (primary N) is 1. The Morgan fingerprint density at radius 3 is 2.81 bits per heavy atom. The molecule has 90 valence electrons. The predicted molar refractivity (Wildman–Crippen MR) is 57.9 cm³/mol. The Hall–Kier alpha value is -1.59. The molecular weight excluding hydrogens is 213 g/mol. The second kappa shape index (κ2) is 5.48. The molecule has 0 aliphatic carbocycles. The normalized spacial score (nSPS) is 10.4. The molecule has 0 aromatic carbocycles. The molecule has 0 amide bonds. The van der Waals surface area contributed by atoms with E-state index >= 15 is 0 Å². The third kappa shape index (κ3) is 2.50. The van der Waals surface area contributed by atoms with Crippen molar-refractivity contribution in [1.82, 2.24) is 9.78 Å². The van der Waals surface area contributed by atoms with Gasteiger partial charge in [-0.05, 0) is 6.42 Å². The van der Waals surface area contributed by atoms with Gasteiger partial charge in [0.2, 0.25) is 0 Å². The number of anilines is 1. The molecule has 5 nitrogen and oxygen atoms in total. The van der Waals surface area contributed by atoms with Crippen LogP contribution in [0.25, 0.3) is 0 Å². The average molecular weight is 229 g/mol. The van der Waals surface area contributed by atoms with Crippen molar-refractivity contribution in [3.05, 3.63) is 11.4 Å². The maximum atomic E-state index is 11.8. The number of hydrogen-bond acceptors (Lipinski definition) is 4. The van der Waals surface area contributed by atoms with Crippen LogP contribution in [0.1, 0.15) is 29.5 Å². The first-order valence-electron chi connectivity index (χ1n) is 5.16. The molecule has 6 heteroatoms. The fourth-order valence-electron chi connectivity index (χ4n) is 1.39. The first-order chi connectivity index (χ1) is 7.61. The summed E-state index contributed by atoms with van der Waals surface area (Å²) in [6.45, 7) is 1.45. The Morgan fingerprint density at radius 1 is 1.62 bits per heavy atom. The average Bonchev–Trinajstić information content (AvgIpc) is 2.54. The lowest BCUT2D eigenvalue weighted by molar-refractivity contribution is 0.0482. The number of carbonyl (C=O) groups is 1. The molecule has 0 fully saturated rings. The van der Waals surface area contributed by atoms with E-state index in [9.17, 15) is 9.18 Å². The molecule has 0 saturated heterocycles. The summed E-state index contributed by atoms with van der Waals surface area (Å²) in [4.78, 5) is 11.6. The lowest BCUT2D eigenvalue weighted by Crippen LogP contribution is -2.13. The van der Waals surface area contributed by atoms with E-state index in [1.54, 1.807) is 7.05 Å². The molecule has 0 aliphatic rings.